The highest BCUT2D eigenvalue weighted by Gasteiger charge is 2.21. The van der Waals surface area contributed by atoms with Gasteiger partial charge in [-0.05, 0) is 41.5 Å². The van der Waals surface area contributed by atoms with Crippen LogP contribution in [0.15, 0.2) is 176 Å². The molecule has 0 spiro atoms. The Morgan fingerprint density at radius 1 is 0.304 bits per heavy atom. The lowest BCUT2D eigenvalue weighted by molar-refractivity contribution is 1.07. The van der Waals surface area contributed by atoms with E-state index in [-0.39, 0.29) is 0 Å². The van der Waals surface area contributed by atoms with Crippen LogP contribution in [-0.2, 0) is 0 Å². The molecule has 11 aromatic rings. The second-order valence-electron chi connectivity index (χ2n) is 13.6. The minimum atomic E-state index is 0.579. The Bertz CT molecular complexity index is 3190. The SMILES string of the molecule is c1ccc(-c2nc(-c3ccccc3)nc(-c3cc(-c4nc(-c5ccccc5)c5sc6ccccc6c5n4)ccc3-c3ccc4sc5ccccc5c4c3)n2)cc1. The number of thiophene rings is 2. The van der Waals surface area contributed by atoms with Gasteiger partial charge in [0, 0.05) is 58.1 Å². The van der Waals surface area contributed by atoms with Gasteiger partial charge < -0.3 is 0 Å². The van der Waals surface area contributed by atoms with E-state index in [1.54, 1.807) is 11.3 Å². The average Bonchev–Trinajstić information content (AvgIpc) is 3.85. The number of hydrogen-bond acceptors (Lipinski definition) is 7. The third kappa shape index (κ3) is 5.64. The van der Waals surface area contributed by atoms with E-state index in [1.165, 1.54) is 24.9 Å². The molecule has 5 nitrogen and oxygen atoms in total. The highest BCUT2D eigenvalue weighted by atomic mass is 32.1. The maximum atomic E-state index is 5.32. The van der Waals surface area contributed by atoms with Crippen LogP contribution in [0.3, 0.4) is 0 Å². The maximum Gasteiger partial charge on any atom is 0.164 e. The van der Waals surface area contributed by atoms with Crippen molar-refractivity contribution in [3.05, 3.63) is 176 Å². The van der Waals surface area contributed by atoms with Crippen LogP contribution in [0.25, 0.3) is 108 Å². The minimum absolute atomic E-state index is 0.579. The van der Waals surface area contributed by atoms with Crippen LogP contribution in [0.4, 0.5) is 0 Å². The smallest absolute Gasteiger partial charge is 0.164 e. The van der Waals surface area contributed by atoms with Gasteiger partial charge in [-0.1, -0.05) is 146 Å². The van der Waals surface area contributed by atoms with Gasteiger partial charge in [-0.15, -0.1) is 22.7 Å². The van der Waals surface area contributed by atoms with Crippen LogP contribution >= 0.6 is 22.7 Å². The monoisotopic (exact) mass is 751 g/mol. The van der Waals surface area contributed by atoms with Crippen molar-refractivity contribution in [2.24, 2.45) is 0 Å². The van der Waals surface area contributed by atoms with E-state index in [9.17, 15) is 0 Å². The lowest BCUT2D eigenvalue weighted by atomic mass is 9.95. The number of benzene rings is 7. The Morgan fingerprint density at radius 3 is 1.54 bits per heavy atom. The average molecular weight is 752 g/mol. The van der Waals surface area contributed by atoms with Gasteiger partial charge in [-0.2, -0.15) is 0 Å². The van der Waals surface area contributed by atoms with Crippen molar-refractivity contribution < 1.29 is 0 Å². The van der Waals surface area contributed by atoms with Gasteiger partial charge in [0.15, 0.2) is 23.3 Å². The predicted octanol–water partition coefficient (Wildman–Crippen LogP) is 13.4. The van der Waals surface area contributed by atoms with Gasteiger partial charge in [0.1, 0.15) is 0 Å². The molecule has 0 saturated heterocycles. The predicted molar refractivity (Wildman–Crippen MR) is 234 cm³/mol. The number of rotatable bonds is 6. The molecule has 4 heterocycles. The molecule has 0 bridgehead atoms. The van der Waals surface area contributed by atoms with E-state index in [0.717, 1.165) is 60.2 Å². The van der Waals surface area contributed by atoms with Crippen molar-refractivity contribution >= 4 is 63.1 Å². The molecule has 7 aromatic carbocycles. The molecule has 11 rings (SSSR count). The topological polar surface area (TPSA) is 64.5 Å². The van der Waals surface area contributed by atoms with Crippen LogP contribution < -0.4 is 0 Å². The second-order valence-corrected chi connectivity index (χ2v) is 15.8. The van der Waals surface area contributed by atoms with Crippen molar-refractivity contribution in [3.63, 3.8) is 0 Å². The zero-order chi connectivity index (χ0) is 37.0. The highest BCUT2D eigenvalue weighted by molar-refractivity contribution is 7.26. The van der Waals surface area contributed by atoms with E-state index in [1.807, 2.05) is 78.1 Å². The lowest BCUT2D eigenvalue weighted by Gasteiger charge is -2.14. The molecule has 4 aromatic heterocycles. The van der Waals surface area contributed by atoms with Crippen LogP contribution in [0.1, 0.15) is 0 Å². The molecule has 7 heteroatoms. The Kier molecular flexibility index (Phi) is 7.79. The standard InChI is InChI=1S/C49H29N5S2/c1-4-14-30(15-5-1)43-45-44(37-21-11-13-23-41(37)56-45)51-48(50-43)34-24-26-35(33-25-27-42-38(28-33)36-20-10-12-22-40(36)55-42)39(29-34)49-53-46(31-16-6-2-7-17-31)52-47(54-49)32-18-8-3-9-19-32/h1-29H. The van der Waals surface area contributed by atoms with E-state index in [0.29, 0.717) is 23.3 Å². The van der Waals surface area contributed by atoms with Crippen molar-refractivity contribution in [3.8, 4) is 67.9 Å². The van der Waals surface area contributed by atoms with E-state index in [4.69, 9.17) is 24.9 Å². The summed E-state index contributed by atoms with van der Waals surface area (Å²) < 4.78 is 4.79. The second kappa shape index (κ2) is 13.4. The molecule has 0 radical (unpaired) electrons. The Hall–Kier alpha value is -6.93. The number of nitrogens with zero attached hydrogens (tertiary/aromatic N) is 5. The number of hydrogen-bond donors (Lipinski definition) is 0. The van der Waals surface area contributed by atoms with Gasteiger partial charge in [0.05, 0.1) is 15.9 Å². The van der Waals surface area contributed by atoms with Crippen LogP contribution in [0, 0.1) is 0 Å². The van der Waals surface area contributed by atoms with Crippen LogP contribution in [0.5, 0.6) is 0 Å². The molecule has 0 N–H and O–H groups in total. The third-order valence-electron chi connectivity index (χ3n) is 10.2. The Labute approximate surface area is 330 Å². The first-order valence-corrected chi connectivity index (χ1v) is 20.0. The van der Waals surface area contributed by atoms with Crippen molar-refractivity contribution in [2.75, 3.05) is 0 Å². The first-order chi connectivity index (χ1) is 27.7. The summed E-state index contributed by atoms with van der Waals surface area (Å²) in [5.41, 5.74) is 8.61. The van der Waals surface area contributed by atoms with E-state index in [2.05, 4.69) is 109 Å². The summed E-state index contributed by atoms with van der Waals surface area (Å²) >= 11 is 3.56. The molecule has 0 aliphatic carbocycles. The Morgan fingerprint density at radius 2 is 0.839 bits per heavy atom. The molecule has 0 saturated carbocycles. The fourth-order valence-corrected chi connectivity index (χ4v) is 9.69. The first kappa shape index (κ1) is 32.5. The zero-order valence-electron chi connectivity index (χ0n) is 29.8. The fraction of sp³-hybridized carbons (Fsp3) is 0. The van der Waals surface area contributed by atoms with Crippen molar-refractivity contribution in [1.29, 1.82) is 0 Å². The molecule has 0 unspecified atom stereocenters. The summed E-state index contributed by atoms with van der Waals surface area (Å²) in [6.45, 7) is 0. The summed E-state index contributed by atoms with van der Waals surface area (Å²) in [4.78, 5) is 26.1. The quantitative estimate of drug-likeness (QED) is 0.169. The molecule has 0 amide bonds. The van der Waals surface area contributed by atoms with E-state index < -0.39 is 0 Å². The summed E-state index contributed by atoms with van der Waals surface area (Å²) in [7, 11) is 0. The molecule has 56 heavy (non-hydrogen) atoms. The van der Waals surface area contributed by atoms with Crippen molar-refractivity contribution in [1.82, 2.24) is 24.9 Å². The highest BCUT2D eigenvalue weighted by Crippen LogP contribution is 2.42. The molecule has 0 aliphatic rings. The largest absolute Gasteiger partial charge is 0.226 e. The van der Waals surface area contributed by atoms with Gasteiger partial charge in [-0.25, -0.2) is 24.9 Å². The first-order valence-electron chi connectivity index (χ1n) is 18.4. The number of aromatic nitrogens is 5. The summed E-state index contributed by atoms with van der Waals surface area (Å²) in [6.07, 6.45) is 0. The van der Waals surface area contributed by atoms with Gasteiger partial charge >= 0.3 is 0 Å². The van der Waals surface area contributed by atoms with Crippen LogP contribution in [-0.4, -0.2) is 24.9 Å². The molecule has 0 atom stereocenters. The lowest BCUT2D eigenvalue weighted by Crippen LogP contribution is -2.02. The maximum absolute atomic E-state index is 5.32. The van der Waals surface area contributed by atoms with Gasteiger partial charge in [0.2, 0.25) is 0 Å². The molecular weight excluding hydrogens is 723 g/mol. The molecule has 0 aliphatic heterocycles. The van der Waals surface area contributed by atoms with Crippen LogP contribution in [0.2, 0.25) is 0 Å². The Balaban J connectivity index is 1.18. The third-order valence-corrected chi connectivity index (χ3v) is 12.5. The van der Waals surface area contributed by atoms with Crippen molar-refractivity contribution in [2.45, 2.75) is 0 Å². The fourth-order valence-electron chi connectivity index (χ4n) is 7.45. The normalized spacial score (nSPS) is 11.6. The minimum Gasteiger partial charge on any atom is -0.226 e. The zero-order valence-corrected chi connectivity index (χ0v) is 31.4. The molecule has 0 fully saturated rings. The summed E-state index contributed by atoms with van der Waals surface area (Å²) in [5.74, 6) is 2.44. The summed E-state index contributed by atoms with van der Waals surface area (Å²) in [6, 6.07) is 60.9. The number of fused-ring (bicyclic) bond motifs is 6. The van der Waals surface area contributed by atoms with Gasteiger partial charge in [-0.3, -0.25) is 0 Å². The summed E-state index contributed by atoms with van der Waals surface area (Å²) in [5, 5.41) is 3.61. The molecule has 262 valence electrons. The van der Waals surface area contributed by atoms with E-state index >= 15 is 0 Å². The molecular formula is C49H29N5S2. The van der Waals surface area contributed by atoms with Gasteiger partial charge in [0.25, 0.3) is 0 Å².